The number of nitrogens with zero attached hydrogens (tertiary/aromatic N) is 1. The highest BCUT2D eigenvalue weighted by Gasteiger charge is 1.91. The third-order valence-corrected chi connectivity index (χ3v) is 1.65. The van der Waals surface area contributed by atoms with E-state index in [9.17, 15) is 0 Å². The van der Waals surface area contributed by atoms with Crippen LogP contribution in [0, 0.1) is 0 Å². The SMILES string of the molecule is CNCCCNCc1cnc[nH]1. The lowest BCUT2D eigenvalue weighted by Crippen LogP contribution is -2.19. The summed E-state index contributed by atoms with van der Waals surface area (Å²) in [5.41, 5.74) is 1.14. The maximum atomic E-state index is 3.93. The molecule has 0 aliphatic rings. The van der Waals surface area contributed by atoms with Gasteiger partial charge in [-0.1, -0.05) is 0 Å². The Labute approximate surface area is 72.8 Å². The Balaban J connectivity index is 1.96. The molecule has 1 rings (SSSR count). The highest BCUT2D eigenvalue weighted by Crippen LogP contribution is 1.88. The summed E-state index contributed by atoms with van der Waals surface area (Å²) < 4.78 is 0. The fourth-order valence-corrected chi connectivity index (χ4v) is 0.995. The second-order valence-corrected chi connectivity index (χ2v) is 2.71. The van der Waals surface area contributed by atoms with Gasteiger partial charge < -0.3 is 15.6 Å². The van der Waals surface area contributed by atoms with Crippen LogP contribution in [-0.2, 0) is 6.54 Å². The van der Waals surface area contributed by atoms with E-state index in [0.717, 1.165) is 31.7 Å². The fraction of sp³-hybridized carbons (Fsp3) is 0.625. The van der Waals surface area contributed by atoms with Gasteiger partial charge >= 0.3 is 0 Å². The molecule has 0 unspecified atom stereocenters. The van der Waals surface area contributed by atoms with Crippen molar-refractivity contribution in [3.8, 4) is 0 Å². The smallest absolute Gasteiger partial charge is 0.0922 e. The van der Waals surface area contributed by atoms with E-state index in [4.69, 9.17) is 0 Å². The van der Waals surface area contributed by atoms with Crippen molar-refractivity contribution < 1.29 is 0 Å². The Kier molecular flexibility index (Phi) is 4.41. The minimum atomic E-state index is 0.879. The van der Waals surface area contributed by atoms with Crippen molar-refractivity contribution in [2.24, 2.45) is 0 Å². The molecule has 0 spiro atoms. The number of hydrogen-bond donors (Lipinski definition) is 3. The van der Waals surface area contributed by atoms with Gasteiger partial charge in [0.15, 0.2) is 0 Å². The topological polar surface area (TPSA) is 52.7 Å². The molecule has 0 aliphatic heterocycles. The number of imidazole rings is 1. The molecule has 0 aliphatic carbocycles. The van der Waals surface area contributed by atoms with E-state index >= 15 is 0 Å². The molecular formula is C8H16N4. The van der Waals surface area contributed by atoms with Gasteiger partial charge in [0, 0.05) is 18.4 Å². The predicted octanol–water partition coefficient (Wildman–Crippen LogP) is 0.109. The molecule has 0 atom stereocenters. The summed E-state index contributed by atoms with van der Waals surface area (Å²) in [6.07, 6.45) is 4.69. The largest absolute Gasteiger partial charge is 0.347 e. The molecule has 4 nitrogen and oxygen atoms in total. The van der Waals surface area contributed by atoms with E-state index in [1.165, 1.54) is 0 Å². The van der Waals surface area contributed by atoms with E-state index in [1.54, 1.807) is 6.33 Å². The molecule has 68 valence electrons. The lowest BCUT2D eigenvalue weighted by molar-refractivity contribution is 0.620. The Morgan fingerprint density at radius 3 is 3.08 bits per heavy atom. The van der Waals surface area contributed by atoms with Crippen molar-refractivity contribution in [1.82, 2.24) is 20.6 Å². The molecule has 12 heavy (non-hydrogen) atoms. The molecule has 1 aromatic heterocycles. The van der Waals surface area contributed by atoms with E-state index in [1.807, 2.05) is 13.2 Å². The van der Waals surface area contributed by atoms with Crippen LogP contribution in [0.15, 0.2) is 12.5 Å². The van der Waals surface area contributed by atoms with Crippen LogP contribution in [0.4, 0.5) is 0 Å². The first-order valence-corrected chi connectivity index (χ1v) is 4.26. The van der Waals surface area contributed by atoms with Gasteiger partial charge in [0.2, 0.25) is 0 Å². The lowest BCUT2D eigenvalue weighted by atomic mass is 10.4. The molecular weight excluding hydrogens is 152 g/mol. The Hall–Kier alpha value is -0.870. The van der Waals surface area contributed by atoms with Gasteiger partial charge in [-0.05, 0) is 26.6 Å². The number of nitrogens with one attached hydrogen (secondary N) is 3. The summed E-state index contributed by atoms with van der Waals surface area (Å²) in [7, 11) is 1.97. The summed E-state index contributed by atoms with van der Waals surface area (Å²) in [6, 6.07) is 0. The minimum absolute atomic E-state index is 0.879. The zero-order valence-corrected chi connectivity index (χ0v) is 7.43. The number of H-pyrrole nitrogens is 1. The Morgan fingerprint density at radius 2 is 2.42 bits per heavy atom. The first kappa shape index (κ1) is 9.22. The van der Waals surface area contributed by atoms with Gasteiger partial charge in [-0.25, -0.2) is 4.98 Å². The fourth-order valence-electron chi connectivity index (χ4n) is 0.995. The van der Waals surface area contributed by atoms with Crippen molar-refractivity contribution in [3.05, 3.63) is 18.2 Å². The van der Waals surface area contributed by atoms with Gasteiger partial charge in [0.25, 0.3) is 0 Å². The first-order valence-electron chi connectivity index (χ1n) is 4.26. The van der Waals surface area contributed by atoms with E-state index in [-0.39, 0.29) is 0 Å². The van der Waals surface area contributed by atoms with Gasteiger partial charge in [-0.3, -0.25) is 0 Å². The van der Waals surface area contributed by atoms with Crippen molar-refractivity contribution in [2.45, 2.75) is 13.0 Å². The molecule has 1 heterocycles. The van der Waals surface area contributed by atoms with E-state index in [2.05, 4.69) is 20.6 Å². The molecule has 4 heteroatoms. The monoisotopic (exact) mass is 168 g/mol. The normalized spacial score (nSPS) is 10.4. The zero-order chi connectivity index (χ0) is 8.65. The first-order chi connectivity index (χ1) is 5.93. The quantitative estimate of drug-likeness (QED) is 0.528. The van der Waals surface area contributed by atoms with Crippen LogP contribution in [0.25, 0.3) is 0 Å². The second kappa shape index (κ2) is 5.74. The number of hydrogen-bond acceptors (Lipinski definition) is 3. The van der Waals surface area contributed by atoms with Crippen LogP contribution in [0.1, 0.15) is 12.1 Å². The van der Waals surface area contributed by atoms with Crippen molar-refractivity contribution in [1.29, 1.82) is 0 Å². The van der Waals surface area contributed by atoms with Gasteiger partial charge in [0.05, 0.1) is 6.33 Å². The standard InChI is InChI=1S/C8H16N4/c1-9-3-2-4-10-5-8-6-11-7-12-8/h6-7,9-10H,2-5H2,1H3,(H,11,12). The number of aromatic amines is 1. The molecule has 0 bridgehead atoms. The van der Waals surface area contributed by atoms with Crippen LogP contribution >= 0.6 is 0 Å². The summed E-state index contributed by atoms with van der Waals surface area (Å²) in [5, 5.41) is 6.41. The molecule has 0 saturated carbocycles. The van der Waals surface area contributed by atoms with Crippen LogP contribution in [0.3, 0.4) is 0 Å². The average Bonchev–Trinajstić information content (AvgIpc) is 2.57. The molecule has 1 aromatic rings. The third-order valence-electron chi connectivity index (χ3n) is 1.65. The Bertz CT molecular complexity index is 183. The second-order valence-electron chi connectivity index (χ2n) is 2.71. The van der Waals surface area contributed by atoms with E-state index < -0.39 is 0 Å². The maximum Gasteiger partial charge on any atom is 0.0922 e. The Morgan fingerprint density at radius 1 is 1.50 bits per heavy atom. The minimum Gasteiger partial charge on any atom is -0.347 e. The van der Waals surface area contributed by atoms with Crippen LogP contribution in [0.5, 0.6) is 0 Å². The van der Waals surface area contributed by atoms with Crippen molar-refractivity contribution >= 4 is 0 Å². The van der Waals surface area contributed by atoms with Gasteiger partial charge in [-0.2, -0.15) is 0 Å². The number of rotatable bonds is 6. The lowest BCUT2D eigenvalue weighted by Gasteiger charge is -2.01. The molecule has 3 N–H and O–H groups in total. The van der Waals surface area contributed by atoms with Crippen molar-refractivity contribution in [3.63, 3.8) is 0 Å². The van der Waals surface area contributed by atoms with Crippen LogP contribution in [0.2, 0.25) is 0 Å². The van der Waals surface area contributed by atoms with E-state index in [0.29, 0.717) is 0 Å². The average molecular weight is 168 g/mol. The number of aromatic nitrogens is 2. The predicted molar refractivity (Wildman–Crippen MR) is 48.8 cm³/mol. The van der Waals surface area contributed by atoms with Crippen LogP contribution in [-0.4, -0.2) is 30.1 Å². The molecule has 0 fully saturated rings. The highest BCUT2D eigenvalue weighted by atomic mass is 14.9. The molecule has 0 saturated heterocycles. The maximum absolute atomic E-state index is 3.93. The van der Waals surface area contributed by atoms with Gasteiger partial charge in [-0.15, -0.1) is 0 Å². The molecule has 0 aromatic carbocycles. The highest BCUT2D eigenvalue weighted by molar-refractivity contribution is 4.92. The third kappa shape index (κ3) is 3.50. The summed E-state index contributed by atoms with van der Waals surface area (Å²) in [4.78, 5) is 6.97. The summed E-state index contributed by atoms with van der Waals surface area (Å²) >= 11 is 0. The molecule has 0 amide bonds. The van der Waals surface area contributed by atoms with Crippen LogP contribution < -0.4 is 10.6 Å². The summed E-state index contributed by atoms with van der Waals surface area (Å²) in [6.45, 7) is 2.99. The van der Waals surface area contributed by atoms with Gasteiger partial charge in [0.1, 0.15) is 0 Å². The molecule has 0 radical (unpaired) electrons. The summed E-state index contributed by atoms with van der Waals surface area (Å²) in [5.74, 6) is 0. The van der Waals surface area contributed by atoms with Crippen molar-refractivity contribution in [2.75, 3.05) is 20.1 Å². The zero-order valence-electron chi connectivity index (χ0n) is 7.43.